The van der Waals surface area contributed by atoms with E-state index in [0.717, 1.165) is 16.9 Å². The van der Waals surface area contributed by atoms with Gasteiger partial charge in [0.15, 0.2) is 0 Å². The Morgan fingerprint density at radius 1 is 0.613 bits per heavy atom. The molecule has 2 aromatic rings. The molecule has 0 aromatic heterocycles. The molecule has 0 heterocycles. The lowest BCUT2D eigenvalue weighted by Crippen LogP contribution is -2.34. The van der Waals surface area contributed by atoms with Gasteiger partial charge in [0.25, 0.3) is 0 Å². The Morgan fingerprint density at radius 2 is 0.903 bits per heavy atom. The first-order valence-electron chi connectivity index (χ1n) is 8.64. The summed E-state index contributed by atoms with van der Waals surface area (Å²) in [6, 6.07) is 6.99. The van der Waals surface area contributed by atoms with E-state index in [1.54, 1.807) is 24.3 Å². The molecule has 0 aliphatic rings. The van der Waals surface area contributed by atoms with Gasteiger partial charge in [0, 0.05) is 34.8 Å². The third kappa shape index (κ3) is 5.87. The van der Waals surface area contributed by atoms with Crippen LogP contribution in [0.3, 0.4) is 0 Å². The van der Waals surface area contributed by atoms with E-state index in [1.165, 1.54) is 27.7 Å². The zero-order chi connectivity index (χ0) is 23.6. The van der Waals surface area contributed by atoms with E-state index >= 15 is 0 Å². The van der Waals surface area contributed by atoms with Crippen LogP contribution in [0.5, 0.6) is 11.5 Å². The molecule has 31 heavy (non-hydrogen) atoms. The fraction of sp³-hybridized carbons (Fsp3) is 0.200. The molecule has 11 heteroatoms. The quantitative estimate of drug-likeness (QED) is 0.369. The van der Waals surface area contributed by atoms with E-state index in [0.29, 0.717) is 30.0 Å². The molecular weight excluding hydrogens is 856 g/mol. The molecule has 2 rings (SSSR count). The van der Waals surface area contributed by atoms with Crippen molar-refractivity contribution in [2.24, 2.45) is 0 Å². The summed E-state index contributed by atoms with van der Waals surface area (Å²) in [5, 5.41) is 0. The van der Waals surface area contributed by atoms with Gasteiger partial charge in [-0.15, -0.1) is 0 Å². The van der Waals surface area contributed by atoms with Gasteiger partial charge in [-0.3, -0.25) is 19.2 Å². The summed E-state index contributed by atoms with van der Waals surface area (Å²) in [7, 11) is 0. The Kier molecular flexibility index (Phi) is 9.51. The highest BCUT2D eigenvalue weighted by molar-refractivity contribution is 14.1. The van der Waals surface area contributed by atoms with E-state index in [1.807, 2.05) is 45.2 Å². The van der Waals surface area contributed by atoms with Crippen molar-refractivity contribution in [2.75, 3.05) is 9.80 Å². The number of anilines is 2. The van der Waals surface area contributed by atoms with Crippen molar-refractivity contribution in [2.45, 2.75) is 27.7 Å². The number of amides is 4. The molecule has 7 nitrogen and oxygen atoms in total. The summed E-state index contributed by atoms with van der Waals surface area (Å²) in [4.78, 5) is 50.6. The second kappa shape index (κ2) is 11.0. The zero-order valence-corrected chi connectivity index (χ0v) is 25.4. The third-order valence-corrected chi connectivity index (χ3v) is 7.82. The van der Waals surface area contributed by atoms with Crippen molar-refractivity contribution in [3.05, 3.63) is 38.5 Å². The minimum atomic E-state index is -0.398. The van der Waals surface area contributed by atoms with Crippen molar-refractivity contribution in [1.82, 2.24) is 0 Å². The van der Waals surface area contributed by atoms with E-state index < -0.39 is 23.6 Å². The molecule has 0 radical (unpaired) electrons. The van der Waals surface area contributed by atoms with Gasteiger partial charge in [-0.25, -0.2) is 9.80 Å². The van der Waals surface area contributed by atoms with Crippen LogP contribution in [0.4, 0.5) is 11.4 Å². The van der Waals surface area contributed by atoms with Crippen LogP contribution in [-0.4, -0.2) is 23.6 Å². The van der Waals surface area contributed by atoms with Crippen LogP contribution in [0.2, 0.25) is 0 Å². The number of nitrogens with zero attached hydrogens (tertiary/aromatic N) is 2. The lowest BCUT2D eigenvalue weighted by Gasteiger charge is -2.24. The van der Waals surface area contributed by atoms with Gasteiger partial charge < -0.3 is 4.74 Å². The number of hydrogen-bond acceptors (Lipinski definition) is 5. The maximum atomic E-state index is 12.1. The highest BCUT2D eigenvalue weighted by atomic mass is 127. The summed E-state index contributed by atoms with van der Waals surface area (Å²) >= 11 is 8.21. The highest BCUT2D eigenvalue weighted by Gasteiger charge is 2.26. The molecule has 0 saturated heterocycles. The lowest BCUT2D eigenvalue weighted by atomic mass is 10.2. The SMILES string of the molecule is CC(=O)N(C(C)=O)c1c(I)ccc(Oc2ccc(I)c(N(C(C)=O)C(C)=O)c2I)c1I. The van der Waals surface area contributed by atoms with Crippen LogP contribution < -0.4 is 14.5 Å². The molecule has 0 saturated carbocycles. The number of benzene rings is 2. The van der Waals surface area contributed by atoms with Crippen molar-refractivity contribution in [3.8, 4) is 11.5 Å². The van der Waals surface area contributed by atoms with Gasteiger partial charge in [0.2, 0.25) is 23.6 Å². The number of hydrogen-bond donors (Lipinski definition) is 0. The molecule has 0 atom stereocenters. The smallest absolute Gasteiger partial charge is 0.230 e. The Labute approximate surface area is 234 Å². The Morgan fingerprint density at radius 3 is 1.16 bits per heavy atom. The number of rotatable bonds is 4. The number of imide groups is 2. The maximum absolute atomic E-state index is 12.1. The fourth-order valence-electron chi connectivity index (χ4n) is 2.80. The Bertz CT molecular complexity index is 990. The van der Waals surface area contributed by atoms with Crippen LogP contribution in [0.25, 0.3) is 0 Å². The molecule has 0 aliphatic carbocycles. The fourth-order valence-corrected chi connectivity index (χ4v) is 6.86. The third-order valence-electron chi connectivity index (χ3n) is 3.99. The average Bonchev–Trinajstić information content (AvgIpc) is 2.64. The van der Waals surface area contributed by atoms with E-state index in [-0.39, 0.29) is 0 Å². The molecule has 0 bridgehead atoms. The standard InChI is InChI=1S/C20H16I4N2O5/c1-9(27)25(10(2)28)19-13(21)5-7-15(17(19)23)31-16-8-6-14(22)20(18(16)24)26(11(3)29)12(4)30/h5-8H,1-4H3. The van der Waals surface area contributed by atoms with Crippen LogP contribution in [0.1, 0.15) is 27.7 Å². The topological polar surface area (TPSA) is 84.0 Å². The number of halogens is 4. The van der Waals surface area contributed by atoms with Crippen molar-refractivity contribution in [1.29, 1.82) is 0 Å². The summed E-state index contributed by atoms with van der Waals surface area (Å²) in [5.41, 5.74) is 0.905. The summed E-state index contributed by atoms with van der Waals surface area (Å²) in [6.45, 7) is 5.31. The molecule has 0 fully saturated rings. The minimum absolute atomic E-state index is 0.398. The molecule has 0 aliphatic heterocycles. The van der Waals surface area contributed by atoms with Crippen molar-refractivity contribution in [3.63, 3.8) is 0 Å². The largest absolute Gasteiger partial charge is 0.455 e. The Hall–Kier alpha value is -0.560. The van der Waals surface area contributed by atoms with Crippen molar-refractivity contribution < 1.29 is 23.9 Å². The van der Waals surface area contributed by atoms with Crippen molar-refractivity contribution >= 4 is 125 Å². The molecule has 164 valence electrons. The highest BCUT2D eigenvalue weighted by Crippen LogP contribution is 2.41. The second-order valence-corrected chi connectivity index (χ2v) is 10.7. The molecule has 0 N–H and O–H groups in total. The predicted molar refractivity (Wildman–Crippen MR) is 152 cm³/mol. The maximum Gasteiger partial charge on any atom is 0.230 e. The predicted octanol–water partition coefficient (Wildman–Crippen LogP) is 5.70. The number of ether oxygens (including phenoxy) is 1. The van der Waals surface area contributed by atoms with Gasteiger partial charge in [-0.1, -0.05) is 0 Å². The Balaban J connectivity index is 2.63. The summed E-state index contributed by atoms with van der Waals surface area (Å²) < 4.78 is 8.74. The van der Waals surface area contributed by atoms with Gasteiger partial charge in [-0.05, 0) is 115 Å². The molecule has 4 amide bonds. The first kappa shape index (κ1) is 26.7. The summed E-state index contributed by atoms with van der Waals surface area (Å²) in [5.74, 6) is -0.720. The first-order chi connectivity index (χ1) is 14.4. The van der Waals surface area contributed by atoms with Gasteiger partial charge in [0.05, 0.1) is 18.5 Å². The normalized spacial score (nSPS) is 10.5. The van der Waals surface area contributed by atoms with Gasteiger partial charge in [0.1, 0.15) is 11.5 Å². The molecule has 0 unspecified atom stereocenters. The van der Waals surface area contributed by atoms with Crippen LogP contribution in [0.15, 0.2) is 24.3 Å². The van der Waals surface area contributed by atoms with E-state index in [9.17, 15) is 19.2 Å². The van der Waals surface area contributed by atoms with Crippen LogP contribution in [-0.2, 0) is 19.2 Å². The minimum Gasteiger partial charge on any atom is -0.455 e. The van der Waals surface area contributed by atoms with Crippen LogP contribution in [0, 0.1) is 14.3 Å². The monoisotopic (exact) mass is 872 g/mol. The summed E-state index contributed by atoms with van der Waals surface area (Å²) in [6.07, 6.45) is 0. The zero-order valence-electron chi connectivity index (χ0n) is 16.8. The average molecular weight is 872 g/mol. The van der Waals surface area contributed by atoms with Crippen LogP contribution >= 0.6 is 90.4 Å². The first-order valence-corrected chi connectivity index (χ1v) is 13.0. The molecular formula is C20H16I4N2O5. The van der Waals surface area contributed by atoms with E-state index in [2.05, 4.69) is 45.2 Å². The van der Waals surface area contributed by atoms with E-state index in [4.69, 9.17) is 4.74 Å². The number of carbonyl (C=O) groups excluding carboxylic acids is 4. The van der Waals surface area contributed by atoms with Gasteiger partial charge in [-0.2, -0.15) is 0 Å². The molecule has 2 aromatic carbocycles. The van der Waals surface area contributed by atoms with Gasteiger partial charge >= 0.3 is 0 Å². The molecule has 0 spiro atoms. The number of carbonyl (C=O) groups is 4. The second-order valence-electron chi connectivity index (χ2n) is 6.27. The lowest BCUT2D eigenvalue weighted by molar-refractivity contribution is -0.125.